The number of carboxylic acids is 1. The summed E-state index contributed by atoms with van der Waals surface area (Å²) in [5, 5.41) is 14.5. The highest BCUT2D eigenvalue weighted by Gasteiger charge is 2.32. The van der Waals surface area contributed by atoms with E-state index < -0.39 is 70.8 Å². The normalized spacial score (nSPS) is 12.6. The van der Waals surface area contributed by atoms with Crippen molar-refractivity contribution >= 4 is 81.8 Å². The Labute approximate surface area is 351 Å². The maximum atomic E-state index is 12.7. The molecule has 2 rings (SSSR count). The van der Waals surface area contributed by atoms with Gasteiger partial charge in [0.25, 0.3) is 0 Å². The molecule has 4 amide bonds. The number of thiazole rings is 2. The van der Waals surface area contributed by atoms with Gasteiger partial charge >= 0.3 is 36.3 Å². The van der Waals surface area contributed by atoms with Gasteiger partial charge in [0.05, 0.1) is 29.3 Å². The van der Waals surface area contributed by atoms with E-state index in [1.807, 2.05) is 0 Å². The van der Waals surface area contributed by atoms with Crippen molar-refractivity contribution in [2.75, 3.05) is 30.0 Å². The molecule has 0 aliphatic rings. The number of carbonyl (C=O) groups excluding carboxylic acids is 7. The van der Waals surface area contributed by atoms with E-state index in [0.717, 1.165) is 27.6 Å². The van der Waals surface area contributed by atoms with Crippen molar-refractivity contribution in [3.8, 4) is 0 Å². The standard InChI is InChI=1S/C19H29N3O7S.C18H27N3O7S/c1-18(2,3)28-16(25)21-13(14(24)27-7)8-9-22(17(26)29-19(4,5)6)15-20-10-12(11-23)30-15;1-17(2,3)27-15(25)20-12(13(23)24)7-8-21(16(26)28-18(4,5)6)14-19-9-11(10-22)29-14/h10-11,13H,8-9H2,1-7H3,(H,21,25);9-10,12H,7-8H2,1-6H3,(H,20,25)(H,23,24)/t13-;12-/m00/s1. The number of alkyl carbamates (subject to hydrolysis) is 2. The smallest absolute Gasteiger partial charge is 0.416 e. The molecule has 2 heterocycles. The van der Waals surface area contributed by atoms with Crippen molar-refractivity contribution in [2.24, 2.45) is 0 Å². The average molecular weight is 873 g/mol. The van der Waals surface area contributed by atoms with Crippen LogP contribution in [0.5, 0.6) is 0 Å². The van der Waals surface area contributed by atoms with Crippen LogP contribution in [-0.4, -0.2) is 119 Å². The molecule has 0 fully saturated rings. The molecule has 0 spiro atoms. The first-order valence-corrected chi connectivity index (χ1v) is 19.7. The van der Waals surface area contributed by atoms with Crippen LogP contribution in [0.15, 0.2) is 12.4 Å². The number of hydrogen-bond donors (Lipinski definition) is 3. The Bertz CT molecular complexity index is 1770. The number of methoxy groups -OCH3 is 1. The van der Waals surface area contributed by atoms with Gasteiger partial charge in [-0.25, -0.2) is 38.7 Å². The third-order valence-electron chi connectivity index (χ3n) is 6.39. The van der Waals surface area contributed by atoms with Crippen LogP contribution in [0, 0.1) is 0 Å². The molecule has 2 atom stereocenters. The van der Waals surface area contributed by atoms with Gasteiger partial charge in [-0.2, -0.15) is 0 Å². The summed E-state index contributed by atoms with van der Waals surface area (Å²) in [7, 11) is 1.19. The number of carbonyl (C=O) groups is 8. The lowest BCUT2D eigenvalue weighted by molar-refractivity contribution is -0.143. The van der Waals surface area contributed by atoms with Crippen LogP contribution in [0.1, 0.15) is 115 Å². The molecule has 22 heteroatoms. The highest BCUT2D eigenvalue weighted by Crippen LogP contribution is 2.26. The van der Waals surface area contributed by atoms with Crippen molar-refractivity contribution < 1.29 is 67.1 Å². The maximum absolute atomic E-state index is 12.7. The molecular weight excluding hydrogens is 817 g/mol. The number of anilines is 2. The Morgan fingerprint density at radius 1 is 0.644 bits per heavy atom. The Hall–Kier alpha value is -5.38. The fourth-order valence-corrected chi connectivity index (χ4v) is 5.63. The minimum absolute atomic E-state index is 0.00115. The van der Waals surface area contributed by atoms with Crippen molar-refractivity contribution in [1.29, 1.82) is 0 Å². The molecule has 0 aliphatic heterocycles. The number of hydrogen-bond acceptors (Lipinski definition) is 17. The van der Waals surface area contributed by atoms with Crippen molar-refractivity contribution in [2.45, 2.75) is 130 Å². The summed E-state index contributed by atoms with van der Waals surface area (Å²) >= 11 is 1.96. The van der Waals surface area contributed by atoms with Gasteiger partial charge in [-0.15, -0.1) is 0 Å². The summed E-state index contributed by atoms with van der Waals surface area (Å²) in [5.41, 5.74) is -3.10. The number of aldehydes is 2. The lowest BCUT2D eigenvalue weighted by Gasteiger charge is -2.27. The molecule has 0 bridgehead atoms. The van der Waals surface area contributed by atoms with E-state index in [9.17, 15) is 43.5 Å². The van der Waals surface area contributed by atoms with E-state index in [1.165, 1.54) is 24.4 Å². The number of amides is 4. The molecule has 0 radical (unpaired) electrons. The second-order valence-electron chi connectivity index (χ2n) is 16.4. The van der Waals surface area contributed by atoms with E-state index in [1.54, 1.807) is 83.1 Å². The minimum Gasteiger partial charge on any atom is -0.480 e. The largest absolute Gasteiger partial charge is 0.480 e. The van der Waals surface area contributed by atoms with Gasteiger partial charge in [-0.05, 0) is 95.9 Å². The second-order valence-corrected chi connectivity index (χ2v) is 18.5. The van der Waals surface area contributed by atoms with Crippen molar-refractivity contribution in [1.82, 2.24) is 20.6 Å². The third kappa shape index (κ3) is 20.7. The molecule has 0 aromatic carbocycles. The monoisotopic (exact) mass is 872 g/mol. The van der Waals surface area contributed by atoms with Gasteiger partial charge in [0.15, 0.2) is 22.8 Å². The molecule has 0 unspecified atom stereocenters. The molecule has 0 saturated carbocycles. The van der Waals surface area contributed by atoms with E-state index in [2.05, 4.69) is 20.6 Å². The van der Waals surface area contributed by atoms with Crippen LogP contribution >= 0.6 is 22.7 Å². The average Bonchev–Trinajstić information content (AvgIpc) is 3.74. The number of nitrogens with zero attached hydrogens (tertiary/aromatic N) is 4. The van der Waals surface area contributed by atoms with Gasteiger partial charge < -0.3 is 39.4 Å². The number of aliphatic carboxylic acids is 1. The Morgan fingerprint density at radius 2 is 0.983 bits per heavy atom. The first-order valence-electron chi connectivity index (χ1n) is 18.1. The third-order valence-corrected chi connectivity index (χ3v) is 8.28. The second kappa shape index (κ2) is 22.1. The lowest BCUT2D eigenvalue weighted by Crippen LogP contribution is -2.46. The van der Waals surface area contributed by atoms with Gasteiger partial charge in [0.2, 0.25) is 0 Å². The number of nitrogens with one attached hydrogen (secondary N) is 2. The summed E-state index contributed by atoms with van der Waals surface area (Å²) in [6.45, 7) is 20.1. The van der Waals surface area contributed by atoms with E-state index in [-0.39, 0.29) is 36.2 Å². The van der Waals surface area contributed by atoms with E-state index >= 15 is 0 Å². The molecule has 330 valence electrons. The van der Waals surface area contributed by atoms with Crippen LogP contribution in [0.2, 0.25) is 0 Å². The summed E-state index contributed by atoms with van der Waals surface area (Å²) in [4.78, 5) is 106. The molecule has 59 heavy (non-hydrogen) atoms. The first-order chi connectivity index (χ1) is 27.0. The van der Waals surface area contributed by atoms with Gasteiger partial charge in [0, 0.05) is 13.1 Å². The molecule has 2 aromatic rings. The zero-order valence-electron chi connectivity index (χ0n) is 35.7. The van der Waals surface area contributed by atoms with Crippen molar-refractivity contribution in [3.05, 3.63) is 22.1 Å². The van der Waals surface area contributed by atoms with Gasteiger partial charge in [0.1, 0.15) is 34.5 Å². The summed E-state index contributed by atoms with van der Waals surface area (Å²) in [6.07, 6.45) is 0.601. The number of ether oxygens (including phenoxy) is 5. The number of esters is 1. The Morgan fingerprint density at radius 3 is 1.27 bits per heavy atom. The highest BCUT2D eigenvalue weighted by molar-refractivity contribution is 7.17. The number of rotatable bonds is 14. The summed E-state index contributed by atoms with van der Waals surface area (Å²) in [5.74, 6) is -1.98. The fourth-order valence-electron chi connectivity index (χ4n) is 4.14. The van der Waals surface area contributed by atoms with E-state index in [4.69, 9.17) is 23.7 Å². The van der Waals surface area contributed by atoms with Crippen LogP contribution in [0.4, 0.5) is 29.4 Å². The highest BCUT2D eigenvalue weighted by atomic mass is 32.1. The van der Waals surface area contributed by atoms with Gasteiger partial charge in [-0.1, -0.05) is 22.7 Å². The Kier molecular flexibility index (Phi) is 19.4. The molecule has 0 aliphatic carbocycles. The molecule has 0 saturated heterocycles. The SMILES string of the molecule is CC(C)(C)OC(=O)N[C@@H](CCN(C(=O)OC(C)(C)C)c1ncc(C=O)s1)C(=O)O.COC(=O)[C@H](CCN(C(=O)OC(C)(C)C)c1ncc(C=O)s1)NC(=O)OC(C)(C)C. The Balaban J connectivity index is 0.000000590. The molecular formula is C37H56N6O14S2. The van der Waals surface area contributed by atoms with Crippen LogP contribution in [0.3, 0.4) is 0 Å². The summed E-state index contributed by atoms with van der Waals surface area (Å²) < 4.78 is 25.7. The maximum Gasteiger partial charge on any atom is 0.416 e. The quantitative estimate of drug-likeness (QED) is 0.108. The zero-order valence-corrected chi connectivity index (χ0v) is 37.3. The summed E-state index contributed by atoms with van der Waals surface area (Å²) in [6, 6.07) is -2.37. The number of aromatic nitrogens is 2. The van der Waals surface area contributed by atoms with Crippen LogP contribution in [-0.2, 0) is 33.3 Å². The fraction of sp³-hybridized carbons (Fsp3) is 0.622. The number of carboxylic acid groups (broad SMARTS) is 1. The lowest BCUT2D eigenvalue weighted by atomic mass is 10.2. The molecule has 3 N–H and O–H groups in total. The topological polar surface area (TPSA) is 259 Å². The van der Waals surface area contributed by atoms with E-state index in [0.29, 0.717) is 22.3 Å². The zero-order chi connectivity index (χ0) is 45.5. The molecule has 20 nitrogen and oxygen atoms in total. The van der Waals surface area contributed by atoms with Gasteiger partial charge in [-0.3, -0.25) is 19.4 Å². The van der Waals surface area contributed by atoms with Crippen molar-refractivity contribution in [3.63, 3.8) is 0 Å². The predicted octanol–water partition coefficient (Wildman–Crippen LogP) is 6.22. The van der Waals surface area contributed by atoms with Crippen LogP contribution in [0.25, 0.3) is 0 Å². The predicted molar refractivity (Wildman–Crippen MR) is 217 cm³/mol. The minimum atomic E-state index is -1.31. The molecule has 2 aromatic heterocycles. The van der Waals surface area contributed by atoms with Crippen LogP contribution < -0.4 is 20.4 Å². The first kappa shape index (κ1) is 51.6.